The van der Waals surface area contributed by atoms with Crippen LogP contribution in [0.1, 0.15) is 76.3 Å². The summed E-state index contributed by atoms with van der Waals surface area (Å²) in [5.74, 6) is 2.46. The zero-order chi connectivity index (χ0) is 30.7. The lowest BCUT2D eigenvalue weighted by molar-refractivity contribution is -0.135. The van der Waals surface area contributed by atoms with Crippen molar-refractivity contribution in [2.75, 3.05) is 46.9 Å². The van der Waals surface area contributed by atoms with Crippen molar-refractivity contribution < 1.29 is 19.1 Å². The quantitative estimate of drug-likeness (QED) is 0.324. The third-order valence-electron chi connectivity index (χ3n) is 9.10. The monoisotopic (exact) mass is 588 g/mol. The third-order valence-corrected chi connectivity index (χ3v) is 9.10. The zero-order valence-electron chi connectivity index (χ0n) is 26.7. The van der Waals surface area contributed by atoms with E-state index < -0.39 is 0 Å². The zero-order valence-corrected chi connectivity index (χ0v) is 26.7. The Balaban J connectivity index is 1.25. The van der Waals surface area contributed by atoms with Crippen LogP contribution in [0, 0.1) is 5.92 Å². The molecule has 5 rings (SSSR count). The Morgan fingerprint density at radius 1 is 0.953 bits per heavy atom. The smallest absolute Gasteiger partial charge is 0.236 e. The number of fused-ring (bicyclic) bond motifs is 1. The molecule has 2 aromatic carbocycles. The average molecular weight is 589 g/mol. The van der Waals surface area contributed by atoms with Crippen LogP contribution in [-0.4, -0.2) is 79.6 Å². The minimum atomic E-state index is -0.0268. The average Bonchev–Trinajstić information content (AvgIpc) is 3.40. The molecule has 3 aromatic rings. The summed E-state index contributed by atoms with van der Waals surface area (Å²) in [6, 6.07) is 13.0. The van der Waals surface area contributed by atoms with Crippen LogP contribution >= 0.6 is 0 Å². The van der Waals surface area contributed by atoms with Gasteiger partial charge in [0, 0.05) is 42.1 Å². The molecule has 0 spiro atoms. The van der Waals surface area contributed by atoms with Gasteiger partial charge in [-0.05, 0) is 99.4 Å². The van der Waals surface area contributed by atoms with Gasteiger partial charge in [-0.25, -0.2) is 0 Å². The molecule has 1 unspecified atom stereocenters. The highest BCUT2D eigenvalue weighted by molar-refractivity contribution is 5.92. The van der Waals surface area contributed by atoms with E-state index in [1.807, 2.05) is 30.9 Å². The van der Waals surface area contributed by atoms with E-state index in [2.05, 4.69) is 53.3 Å². The Morgan fingerprint density at radius 3 is 2.37 bits per heavy atom. The van der Waals surface area contributed by atoms with Crippen LogP contribution in [0.15, 0.2) is 36.4 Å². The summed E-state index contributed by atoms with van der Waals surface area (Å²) in [6.07, 6.45) is 3.77. The van der Waals surface area contributed by atoms with Crippen molar-refractivity contribution in [3.8, 4) is 22.8 Å². The van der Waals surface area contributed by atoms with Gasteiger partial charge in [0.05, 0.1) is 32.4 Å². The largest absolute Gasteiger partial charge is 0.493 e. The molecule has 0 bridgehead atoms. The minimum Gasteiger partial charge on any atom is -0.493 e. The second-order valence-electron chi connectivity index (χ2n) is 12.8. The molecule has 43 heavy (non-hydrogen) atoms. The van der Waals surface area contributed by atoms with Gasteiger partial charge in [0.25, 0.3) is 0 Å². The highest BCUT2D eigenvalue weighted by Gasteiger charge is 2.30. The van der Waals surface area contributed by atoms with Crippen LogP contribution in [0.5, 0.6) is 11.5 Å². The molecule has 0 radical (unpaired) electrons. The second-order valence-corrected chi connectivity index (χ2v) is 12.8. The SMILES string of the molecule is COc1ccc(-c2[nH]c3ccc(C4CCN(C(=O)CN5CCCC(C(=O)NC(C)C)C5)CC4)cc3c2C(C)C)cc1OC. The maximum absolute atomic E-state index is 13.2. The van der Waals surface area contributed by atoms with Crippen LogP contribution < -0.4 is 14.8 Å². The number of rotatable bonds is 9. The number of nitrogens with zero attached hydrogens (tertiary/aromatic N) is 2. The van der Waals surface area contributed by atoms with E-state index in [1.54, 1.807) is 14.2 Å². The number of H-pyrrole nitrogens is 1. The highest BCUT2D eigenvalue weighted by atomic mass is 16.5. The maximum atomic E-state index is 13.2. The Morgan fingerprint density at radius 2 is 1.70 bits per heavy atom. The molecule has 1 atom stereocenters. The summed E-state index contributed by atoms with van der Waals surface area (Å²) in [7, 11) is 3.32. The number of aromatic nitrogens is 1. The summed E-state index contributed by atoms with van der Waals surface area (Å²) in [6.45, 7) is 12.0. The summed E-state index contributed by atoms with van der Waals surface area (Å²) in [4.78, 5) is 33.7. The van der Waals surface area contributed by atoms with Crippen LogP contribution in [-0.2, 0) is 9.59 Å². The number of methoxy groups -OCH3 is 2. The predicted molar refractivity (Wildman–Crippen MR) is 172 cm³/mol. The van der Waals surface area contributed by atoms with Crippen LogP contribution in [0.25, 0.3) is 22.2 Å². The lowest BCUT2D eigenvalue weighted by Crippen LogP contribution is -2.49. The van der Waals surface area contributed by atoms with Gasteiger partial charge in [0.1, 0.15) is 0 Å². The molecule has 2 aliphatic heterocycles. The van der Waals surface area contributed by atoms with Crippen molar-refractivity contribution in [2.24, 2.45) is 5.92 Å². The molecule has 3 heterocycles. The fourth-order valence-corrected chi connectivity index (χ4v) is 6.87. The lowest BCUT2D eigenvalue weighted by Gasteiger charge is -2.36. The molecule has 2 N–H and O–H groups in total. The first-order chi connectivity index (χ1) is 20.7. The van der Waals surface area contributed by atoms with E-state index in [0.29, 0.717) is 30.7 Å². The Bertz CT molecular complexity index is 1440. The van der Waals surface area contributed by atoms with E-state index in [0.717, 1.165) is 67.8 Å². The van der Waals surface area contributed by atoms with Gasteiger partial charge >= 0.3 is 0 Å². The number of piperidine rings is 2. The number of likely N-dealkylation sites (tertiary alicyclic amines) is 2. The maximum Gasteiger partial charge on any atom is 0.236 e. The molecule has 8 nitrogen and oxygen atoms in total. The van der Waals surface area contributed by atoms with Gasteiger partial charge < -0.3 is 24.7 Å². The molecule has 2 aliphatic rings. The standard InChI is InChI=1S/C35H48N4O4/c1-22(2)33-28-18-25(9-11-29(28)37-34(33)26-10-12-30(42-5)31(19-26)43-6)24-13-16-39(17-14-24)32(40)21-38-15-7-8-27(20-38)35(41)36-23(3)4/h9-12,18-19,22-24,27,37H,7-8,13-17,20-21H2,1-6H3,(H,36,41). The first-order valence-corrected chi connectivity index (χ1v) is 15.9. The van der Waals surface area contributed by atoms with Crippen LogP contribution in [0.3, 0.4) is 0 Å². The Hall–Kier alpha value is -3.52. The molecule has 2 fully saturated rings. The highest BCUT2D eigenvalue weighted by Crippen LogP contribution is 2.40. The first-order valence-electron chi connectivity index (χ1n) is 15.9. The van der Waals surface area contributed by atoms with Crippen LogP contribution in [0.4, 0.5) is 0 Å². The molecule has 2 saturated heterocycles. The normalized spacial score (nSPS) is 18.4. The van der Waals surface area contributed by atoms with Crippen molar-refractivity contribution in [1.82, 2.24) is 20.1 Å². The van der Waals surface area contributed by atoms with Gasteiger partial charge in [0.15, 0.2) is 11.5 Å². The molecule has 0 saturated carbocycles. The van der Waals surface area contributed by atoms with Gasteiger partial charge in [-0.2, -0.15) is 0 Å². The van der Waals surface area contributed by atoms with Crippen LogP contribution in [0.2, 0.25) is 0 Å². The fourth-order valence-electron chi connectivity index (χ4n) is 6.87. The molecule has 2 amide bonds. The van der Waals surface area contributed by atoms with E-state index in [9.17, 15) is 9.59 Å². The molecule has 1 aromatic heterocycles. The number of nitrogens with one attached hydrogen (secondary N) is 2. The molecular weight excluding hydrogens is 540 g/mol. The fraction of sp³-hybridized carbons (Fsp3) is 0.543. The number of hydrogen-bond donors (Lipinski definition) is 2. The minimum absolute atomic E-state index is 0.0268. The van der Waals surface area contributed by atoms with Gasteiger partial charge in [-0.1, -0.05) is 19.9 Å². The number of benzene rings is 2. The van der Waals surface area contributed by atoms with Crippen molar-refractivity contribution >= 4 is 22.7 Å². The summed E-state index contributed by atoms with van der Waals surface area (Å²) in [5.41, 5.74) is 5.97. The number of ether oxygens (including phenoxy) is 2. The number of aromatic amines is 1. The topological polar surface area (TPSA) is 86.9 Å². The molecular formula is C35H48N4O4. The van der Waals surface area contributed by atoms with Crippen molar-refractivity contribution in [2.45, 2.75) is 71.3 Å². The lowest BCUT2D eigenvalue weighted by atomic mass is 9.87. The Kier molecular flexibility index (Phi) is 9.65. The summed E-state index contributed by atoms with van der Waals surface area (Å²) < 4.78 is 11.0. The van der Waals surface area contributed by atoms with E-state index >= 15 is 0 Å². The number of amides is 2. The third kappa shape index (κ3) is 6.85. The molecule has 8 heteroatoms. The molecule has 232 valence electrons. The number of carbonyl (C=O) groups is 2. The van der Waals surface area contributed by atoms with E-state index in [1.165, 1.54) is 16.5 Å². The number of hydrogen-bond acceptors (Lipinski definition) is 5. The van der Waals surface area contributed by atoms with Gasteiger partial charge in [-0.15, -0.1) is 0 Å². The van der Waals surface area contributed by atoms with Crippen molar-refractivity contribution in [3.63, 3.8) is 0 Å². The van der Waals surface area contributed by atoms with Gasteiger partial charge in [-0.3, -0.25) is 14.5 Å². The summed E-state index contributed by atoms with van der Waals surface area (Å²) >= 11 is 0. The van der Waals surface area contributed by atoms with Crippen molar-refractivity contribution in [1.29, 1.82) is 0 Å². The molecule has 0 aliphatic carbocycles. The van der Waals surface area contributed by atoms with E-state index in [-0.39, 0.29) is 23.8 Å². The predicted octanol–water partition coefficient (Wildman–Crippen LogP) is 5.92. The van der Waals surface area contributed by atoms with Crippen molar-refractivity contribution in [3.05, 3.63) is 47.5 Å². The second kappa shape index (κ2) is 13.4. The number of carbonyl (C=O) groups excluding carboxylic acids is 2. The van der Waals surface area contributed by atoms with E-state index in [4.69, 9.17) is 9.47 Å². The Labute approximate surface area is 256 Å². The first kappa shape index (κ1) is 30.9. The summed E-state index contributed by atoms with van der Waals surface area (Å²) in [5, 5.41) is 4.30. The van der Waals surface area contributed by atoms with Gasteiger partial charge in [0.2, 0.25) is 11.8 Å².